The number of sulfonamides is 1. The average Bonchev–Trinajstić information content (AvgIpc) is 2.60. The van der Waals surface area contributed by atoms with Gasteiger partial charge in [-0.25, -0.2) is 0 Å². The third kappa shape index (κ3) is 3.63. The molecule has 0 aliphatic heterocycles. The topological polar surface area (TPSA) is 66.7 Å². The van der Waals surface area contributed by atoms with Gasteiger partial charge in [0, 0.05) is 5.56 Å². The number of phenols is 1. The molecule has 4 nitrogen and oxygen atoms in total. The highest BCUT2D eigenvalue weighted by atomic mass is 32.2. The highest BCUT2D eigenvalue weighted by Crippen LogP contribution is 2.27. The molecule has 0 radical (unpaired) electrons. The Bertz CT molecular complexity index is 1080. The van der Waals surface area contributed by atoms with Crippen LogP contribution in [0.1, 0.15) is 31.9 Å². The molecule has 5 heteroatoms. The van der Waals surface area contributed by atoms with Gasteiger partial charge in [-0.15, -0.1) is 0 Å². The summed E-state index contributed by atoms with van der Waals surface area (Å²) >= 11 is 0. The molecule has 0 aromatic heterocycles. The van der Waals surface area contributed by atoms with Gasteiger partial charge in [0.1, 0.15) is 5.75 Å². The maximum absolute atomic E-state index is 12.5. The fraction of sp³-hybridized carbons (Fsp3) is 0.190. The highest BCUT2D eigenvalue weighted by molar-refractivity contribution is 7.90. The Morgan fingerprint density at radius 3 is 2.23 bits per heavy atom. The van der Waals surface area contributed by atoms with Gasteiger partial charge in [-0.3, -0.25) is 0 Å². The van der Waals surface area contributed by atoms with Crippen molar-refractivity contribution in [1.29, 1.82) is 0 Å². The van der Waals surface area contributed by atoms with Crippen LogP contribution < -0.4 is 0 Å². The lowest BCUT2D eigenvalue weighted by Gasteiger charge is -2.18. The van der Waals surface area contributed by atoms with E-state index >= 15 is 0 Å². The Hall–Kier alpha value is -2.66. The standard InChI is InChI=1S/C21H21NO3S/c1-21(2,3)16-9-11-17(12-10-16)26(24,25)22-14-19-18-7-5-4-6-15(18)8-13-20(19)23/h4-14,23H,1-3H3/b22-14+. The quantitative estimate of drug-likeness (QED) is 0.685. The summed E-state index contributed by atoms with van der Waals surface area (Å²) < 4.78 is 28.9. The monoisotopic (exact) mass is 367 g/mol. The number of rotatable bonds is 3. The molecule has 0 aliphatic carbocycles. The van der Waals surface area contributed by atoms with E-state index in [2.05, 4.69) is 25.2 Å². The largest absolute Gasteiger partial charge is 0.507 e. The van der Waals surface area contributed by atoms with Crippen molar-refractivity contribution in [2.45, 2.75) is 31.1 Å². The van der Waals surface area contributed by atoms with Crippen LogP contribution in [0, 0.1) is 0 Å². The number of benzene rings is 3. The van der Waals surface area contributed by atoms with Gasteiger partial charge in [-0.2, -0.15) is 12.8 Å². The van der Waals surface area contributed by atoms with Crippen molar-refractivity contribution in [3.05, 3.63) is 71.8 Å². The van der Waals surface area contributed by atoms with E-state index in [4.69, 9.17) is 0 Å². The maximum atomic E-state index is 12.5. The number of hydrogen-bond acceptors (Lipinski definition) is 3. The Labute approximate surface area is 153 Å². The molecular weight excluding hydrogens is 346 g/mol. The first kappa shape index (κ1) is 18.1. The average molecular weight is 367 g/mol. The van der Waals surface area contributed by atoms with Crippen LogP contribution >= 0.6 is 0 Å². The van der Waals surface area contributed by atoms with Crippen molar-refractivity contribution in [3.63, 3.8) is 0 Å². The van der Waals surface area contributed by atoms with Gasteiger partial charge in [0.15, 0.2) is 0 Å². The third-order valence-corrected chi connectivity index (χ3v) is 5.54. The molecule has 0 amide bonds. The van der Waals surface area contributed by atoms with Crippen molar-refractivity contribution >= 4 is 27.0 Å². The first-order chi connectivity index (χ1) is 12.2. The maximum Gasteiger partial charge on any atom is 0.282 e. The van der Waals surface area contributed by atoms with Crippen LogP contribution in [-0.2, 0) is 15.4 Å². The van der Waals surface area contributed by atoms with Gasteiger partial charge in [0.2, 0.25) is 0 Å². The van der Waals surface area contributed by atoms with E-state index in [1.54, 1.807) is 30.3 Å². The lowest BCUT2D eigenvalue weighted by atomic mass is 9.87. The van der Waals surface area contributed by atoms with Crippen molar-refractivity contribution in [2.75, 3.05) is 0 Å². The fourth-order valence-corrected chi connectivity index (χ4v) is 3.58. The summed E-state index contributed by atoms with van der Waals surface area (Å²) in [7, 11) is -3.85. The van der Waals surface area contributed by atoms with E-state index in [1.807, 2.05) is 24.3 Å². The highest BCUT2D eigenvalue weighted by Gasteiger charge is 2.17. The molecule has 0 spiro atoms. The molecule has 1 N–H and O–H groups in total. The van der Waals surface area contributed by atoms with Crippen molar-refractivity contribution in [2.24, 2.45) is 4.40 Å². The van der Waals surface area contributed by atoms with Gasteiger partial charge in [-0.1, -0.05) is 63.2 Å². The van der Waals surface area contributed by atoms with E-state index in [9.17, 15) is 13.5 Å². The Morgan fingerprint density at radius 2 is 1.58 bits per heavy atom. The van der Waals surface area contributed by atoms with Crippen LogP contribution in [0.4, 0.5) is 0 Å². The fourth-order valence-electron chi connectivity index (χ4n) is 2.73. The number of phenolic OH excluding ortho intramolecular Hbond substituents is 1. The summed E-state index contributed by atoms with van der Waals surface area (Å²) in [6, 6.07) is 17.5. The summed E-state index contributed by atoms with van der Waals surface area (Å²) in [5.74, 6) is -0.00858. The summed E-state index contributed by atoms with van der Waals surface area (Å²) in [5.41, 5.74) is 1.38. The lowest BCUT2D eigenvalue weighted by molar-refractivity contribution is 0.475. The first-order valence-corrected chi connectivity index (χ1v) is 9.74. The van der Waals surface area contributed by atoms with Gasteiger partial charge in [-0.05, 0) is 39.9 Å². The number of nitrogens with zero attached hydrogens (tertiary/aromatic N) is 1. The minimum atomic E-state index is -3.85. The predicted molar refractivity (Wildman–Crippen MR) is 106 cm³/mol. The summed E-state index contributed by atoms with van der Waals surface area (Å²) in [4.78, 5) is 0.126. The van der Waals surface area contributed by atoms with Gasteiger partial charge in [0.25, 0.3) is 10.0 Å². The molecule has 3 rings (SSSR count). The molecule has 0 aliphatic rings. The van der Waals surface area contributed by atoms with E-state index in [0.29, 0.717) is 5.56 Å². The second kappa shape index (κ2) is 6.57. The molecule has 3 aromatic carbocycles. The molecule has 0 unspecified atom stereocenters. The Balaban J connectivity index is 1.99. The van der Waals surface area contributed by atoms with Crippen LogP contribution in [0.5, 0.6) is 5.75 Å². The molecule has 3 aromatic rings. The van der Waals surface area contributed by atoms with Crippen molar-refractivity contribution in [3.8, 4) is 5.75 Å². The molecule has 0 fully saturated rings. The number of fused-ring (bicyclic) bond motifs is 1. The van der Waals surface area contributed by atoms with Crippen molar-refractivity contribution < 1.29 is 13.5 Å². The van der Waals surface area contributed by atoms with Gasteiger partial charge >= 0.3 is 0 Å². The zero-order valence-electron chi connectivity index (χ0n) is 15.0. The second-order valence-corrected chi connectivity index (χ2v) is 8.84. The van der Waals surface area contributed by atoms with Crippen LogP contribution in [0.25, 0.3) is 10.8 Å². The second-order valence-electron chi connectivity index (χ2n) is 7.20. The van der Waals surface area contributed by atoms with E-state index < -0.39 is 10.0 Å². The van der Waals surface area contributed by atoms with E-state index in [0.717, 1.165) is 16.3 Å². The molecule has 0 saturated carbocycles. The number of aromatic hydroxyl groups is 1. The zero-order chi connectivity index (χ0) is 18.9. The molecule has 0 heterocycles. The summed E-state index contributed by atoms with van der Waals surface area (Å²) in [6.45, 7) is 6.20. The minimum Gasteiger partial charge on any atom is -0.507 e. The molecule has 134 valence electrons. The number of hydrogen-bond donors (Lipinski definition) is 1. The Kier molecular flexibility index (Phi) is 4.59. The van der Waals surface area contributed by atoms with Gasteiger partial charge in [0.05, 0.1) is 11.1 Å². The van der Waals surface area contributed by atoms with Crippen molar-refractivity contribution in [1.82, 2.24) is 0 Å². The molecule has 26 heavy (non-hydrogen) atoms. The van der Waals surface area contributed by atoms with Crippen LogP contribution in [0.2, 0.25) is 0 Å². The summed E-state index contributed by atoms with van der Waals surface area (Å²) in [6.07, 6.45) is 1.21. The van der Waals surface area contributed by atoms with Crippen LogP contribution in [-0.4, -0.2) is 19.7 Å². The Morgan fingerprint density at radius 1 is 0.923 bits per heavy atom. The van der Waals surface area contributed by atoms with Gasteiger partial charge < -0.3 is 5.11 Å². The smallest absolute Gasteiger partial charge is 0.282 e. The lowest BCUT2D eigenvalue weighted by Crippen LogP contribution is -2.11. The molecule has 0 saturated heterocycles. The van der Waals surface area contributed by atoms with Crippen LogP contribution in [0.3, 0.4) is 0 Å². The normalized spacial score (nSPS) is 12.7. The molecule has 0 bridgehead atoms. The van der Waals surface area contributed by atoms with E-state index in [1.165, 1.54) is 12.3 Å². The third-order valence-electron chi connectivity index (χ3n) is 4.29. The molecular formula is C21H21NO3S. The molecule has 0 atom stereocenters. The summed E-state index contributed by atoms with van der Waals surface area (Å²) in [5, 5.41) is 11.8. The predicted octanol–water partition coefficient (Wildman–Crippen LogP) is 4.65. The SMILES string of the molecule is CC(C)(C)c1ccc(S(=O)(=O)/N=C/c2c(O)ccc3ccccc23)cc1. The first-order valence-electron chi connectivity index (χ1n) is 8.30. The van der Waals surface area contributed by atoms with E-state index in [-0.39, 0.29) is 16.1 Å². The van der Waals surface area contributed by atoms with Crippen LogP contribution in [0.15, 0.2) is 70.0 Å². The zero-order valence-corrected chi connectivity index (χ0v) is 15.8. The minimum absolute atomic E-state index is 0.00858.